The maximum absolute atomic E-state index is 11.0. The Hall–Kier alpha value is -1.40. The average molecular weight is 256 g/mol. The molecule has 1 aromatic rings. The molecule has 0 fully saturated rings. The maximum Gasteiger partial charge on any atom is 0.332 e. The molecular formula is C12H20N2O4. The molecule has 1 N–H and O–H groups in total. The van der Waals surface area contributed by atoms with Gasteiger partial charge in [0.2, 0.25) is 5.89 Å². The number of carbonyl (C=O) groups excluding carboxylic acids is 1. The van der Waals surface area contributed by atoms with Gasteiger partial charge in [-0.2, -0.15) is 0 Å². The van der Waals surface area contributed by atoms with Crippen LogP contribution < -0.4 is 5.32 Å². The molecule has 0 radical (unpaired) electrons. The first-order valence-corrected chi connectivity index (χ1v) is 6.02. The maximum atomic E-state index is 11.0. The van der Waals surface area contributed by atoms with E-state index in [0.29, 0.717) is 25.6 Å². The zero-order valence-electron chi connectivity index (χ0n) is 11.1. The van der Waals surface area contributed by atoms with E-state index < -0.39 is 0 Å². The molecule has 0 bridgehead atoms. The van der Waals surface area contributed by atoms with Crippen molar-refractivity contribution >= 4 is 5.97 Å². The Balaban J connectivity index is 2.09. The summed E-state index contributed by atoms with van der Waals surface area (Å²) >= 11 is 0. The van der Waals surface area contributed by atoms with E-state index in [9.17, 15) is 4.79 Å². The van der Waals surface area contributed by atoms with Gasteiger partial charge in [-0.15, -0.1) is 0 Å². The van der Waals surface area contributed by atoms with Crippen LogP contribution in [0.2, 0.25) is 0 Å². The molecule has 1 heterocycles. The Morgan fingerprint density at radius 1 is 1.61 bits per heavy atom. The van der Waals surface area contributed by atoms with Gasteiger partial charge in [-0.05, 0) is 20.8 Å². The topological polar surface area (TPSA) is 73.6 Å². The molecule has 0 aliphatic heterocycles. The van der Waals surface area contributed by atoms with Crippen LogP contribution in [0.5, 0.6) is 0 Å². The number of nitrogens with zero attached hydrogens (tertiary/aromatic N) is 1. The molecular weight excluding hydrogens is 236 g/mol. The number of aromatic nitrogens is 1. The lowest BCUT2D eigenvalue weighted by Gasteiger charge is -2.10. The molecule has 6 nitrogen and oxygen atoms in total. The van der Waals surface area contributed by atoms with Gasteiger partial charge >= 0.3 is 5.97 Å². The lowest BCUT2D eigenvalue weighted by Crippen LogP contribution is -2.25. The van der Waals surface area contributed by atoms with Crippen molar-refractivity contribution in [3.05, 3.63) is 17.8 Å². The Morgan fingerprint density at radius 3 is 3.00 bits per heavy atom. The summed E-state index contributed by atoms with van der Waals surface area (Å²) in [5.74, 6) is 1.10. The van der Waals surface area contributed by atoms with Crippen molar-refractivity contribution in [1.29, 1.82) is 0 Å². The first-order valence-electron chi connectivity index (χ1n) is 6.02. The smallest absolute Gasteiger partial charge is 0.332 e. The van der Waals surface area contributed by atoms with E-state index in [1.807, 2.05) is 13.8 Å². The highest BCUT2D eigenvalue weighted by Crippen LogP contribution is 2.11. The number of aryl methyl sites for hydroxylation is 1. The van der Waals surface area contributed by atoms with Crippen molar-refractivity contribution in [2.24, 2.45) is 0 Å². The van der Waals surface area contributed by atoms with Gasteiger partial charge in [0.15, 0.2) is 0 Å². The minimum atomic E-state index is -0.339. The summed E-state index contributed by atoms with van der Waals surface area (Å²) in [6.45, 7) is 6.98. The number of ether oxygens (including phenoxy) is 2. The van der Waals surface area contributed by atoms with Gasteiger partial charge in [-0.1, -0.05) is 0 Å². The third-order valence-electron chi connectivity index (χ3n) is 2.23. The van der Waals surface area contributed by atoms with Crippen LogP contribution in [0.1, 0.15) is 31.5 Å². The summed E-state index contributed by atoms with van der Waals surface area (Å²) in [5.41, 5.74) is 0. The van der Waals surface area contributed by atoms with E-state index in [0.717, 1.165) is 5.76 Å². The molecule has 1 atom stereocenters. The molecule has 1 aromatic heterocycles. The number of rotatable bonds is 8. The van der Waals surface area contributed by atoms with Crippen molar-refractivity contribution in [1.82, 2.24) is 10.3 Å². The van der Waals surface area contributed by atoms with Gasteiger partial charge in [0.05, 0.1) is 25.5 Å². The van der Waals surface area contributed by atoms with Gasteiger partial charge in [0.25, 0.3) is 0 Å². The first-order chi connectivity index (χ1) is 8.63. The fraction of sp³-hybridized carbons (Fsp3) is 0.667. The highest BCUT2D eigenvalue weighted by Gasteiger charge is 2.10. The molecule has 0 amide bonds. The largest absolute Gasteiger partial charge is 0.464 e. The molecule has 0 saturated carbocycles. The second-order valence-electron chi connectivity index (χ2n) is 3.84. The van der Waals surface area contributed by atoms with Gasteiger partial charge in [-0.25, -0.2) is 9.78 Å². The molecule has 0 saturated heterocycles. The van der Waals surface area contributed by atoms with Crippen LogP contribution in [0.3, 0.4) is 0 Å². The van der Waals surface area contributed by atoms with Crippen LogP contribution in [0.25, 0.3) is 0 Å². The number of nitrogens with one attached hydrogen (secondary N) is 1. The van der Waals surface area contributed by atoms with Gasteiger partial charge < -0.3 is 19.2 Å². The van der Waals surface area contributed by atoms with Crippen molar-refractivity contribution in [3.8, 4) is 0 Å². The van der Waals surface area contributed by atoms with Gasteiger partial charge in [0, 0.05) is 6.54 Å². The van der Waals surface area contributed by atoms with Crippen LogP contribution in [0.15, 0.2) is 10.6 Å². The van der Waals surface area contributed by atoms with E-state index in [2.05, 4.69) is 10.3 Å². The number of carbonyl (C=O) groups is 1. The molecule has 18 heavy (non-hydrogen) atoms. The number of esters is 1. The number of hydrogen-bond acceptors (Lipinski definition) is 6. The van der Waals surface area contributed by atoms with E-state index >= 15 is 0 Å². The summed E-state index contributed by atoms with van der Waals surface area (Å²) in [5, 5.41) is 3.18. The van der Waals surface area contributed by atoms with E-state index in [-0.39, 0.29) is 18.6 Å². The quantitative estimate of drug-likeness (QED) is 0.557. The fourth-order valence-corrected chi connectivity index (χ4v) is 1.37. The predicted octanol–water partition coefficient (Wildman–Crippen LogP) is 1.21. The predicted molar refractivity (Wildman–Crippen MR) is 65.1 cm³/mol. The SMILES string of the molecule is CCOC(=O)COCCNC(C)c1ncc(C)o1. The Morgan fingerprint density at radius 2 is 2.39 bits per heavy atom. The van der Waals surface area contributed by atoms with Gasteiger partial charge in [0.1, 0.15) is 12.4 Å². The van der Waals surface area contributed by atoms with E-state index in [1.54, 1.807) is 13.1 Å². The van der Waals surface area contributed by atoms with Crippen LogP contribution in [0.4, 0.5) is 0 Å². The Kier molecular flexibility index (Phi) is 6.38. The molecule has 0 aromatic carbocycles. The van der Waals surface area contributed by atoms with Gasteiger partial charge in [-0.3, -0.25) is 0 Å². The van der Waals surface area contributed by atoms with Crippen LogP contribution in [-0.4, -0.2) is 37.3 Å². The molecule has 0 spiro atoms. The summed E-state index contributed by atoms with van der Waals surface area (Å²) in [4.78, 5) is 15.1. The molecule has 102 valence electrons. The third kappa shape index (κ3) is 5.29. The monoisotopic (exact) mass is 256 g/mol. The fourth-order valence-electron chi connectivity index (χ4n) is 1.37. The molecule has 1 rings (SSSR count). The second kappa shape index (κ2) is 7.84. The van der Waals surface area contributed by atoms with Crippen LogP contribution in [0, 0.1) is 6.92 Å². The first kappa shape index (κ1) is 14.7. The molecule has 6 heteroatoms. The zero-order valence-corrected chi connectivity index (χ0v) is 11.1. The summed E-state index contributed by atoms with van der Waals surface area (Å²) < 4.78 is 15.3. The van der Waals surface area contributed by atoms with Crippen molar-refractivity contribution in [3.63, 3.8) is 0 Å². The minimum Gasteiger partial charge on any atom is -0.464 e. The van der Waals surface area contributed by atoms with Crippen LogP contribution in [-0.2, 0) is 14.3 Å². The summed E-state index contributed by atoms with van der Waals surface area (Å²) in [6, 6.07) is 0.0184. The molecule has 1 unspecified atom stereocenters. The van der Waals surface area contributed by atoms with E-state index in [4.69, 9.17) is 13.9 Å². The summed E-state index contributed by atoms with van der Waals surface area (Å²) in [7, 11) is 0. The standard InChI is InChI=1S/C12H20N2O4/c1-4-17-11(15)8-16-6-5-13-10(3)12-14-7-9(2)18-12/h7,10,13H,4-6,8H2,1-3H3. The zero-order chi connectivity index (χ0) is 13.4. The third-order valence-corrected chi connectivity index (χ3v) is 2.23. The Bertz CT molecular complexity index is 365. The molecule has 0 aliphatic carbocycles. The van der Waals surface area contributed by atoms with Crippen molar-refractivity contribution < 1.29 is 18.7 Å². The number of hydrogen-bond donors (Lipinski definition) is 1. The second-order valence-corrected chi connectivity index (χ2v) is 3.84. The lowest BCUT2D eigenvalue weighted by atomic mass is 10.3. The minimum absolute atomic E-state index is 0.0119. The average Bonchev–Trinajstić information content (AvgIpc) is 2.75. The highest BCUT2D eigenvalue weighted by atomic mass is 16.6. The lowest BCUT2D eigenvalue weighted by molar-refractivity contribution is -0.148. The Labute approximate surface area is 107 Å². The van der Waals surface area contributed by atoms with Crippen molar-refractivity contribution in [2.75, 3.05) is 26.4 Å². The highest BCUT2D eigenvalue weighted by molar-refractivity contribution is 5.70. The normalized spacial score (nSPS) is 12.4. The number of oxazole rings is 1. The van der Waals surface area contributed by atoms with E-state index in [1.165, 1.54) is 0 Å². The summed E-state index contributed by atoms with van der Waals surface area (Å²) in [6.07, 6.45) is 1.69. The van der Waals surface area contributed by atoms with Crippen molar-refractivity contribution in [2.45, 2.75) is 26.8 Å². The molecule has 0 aliphatic rings. The van der Waals surface area contributed by atoms with Crippen LogP contribution >= 0.6 is 0 Å².